The van der Waals surface area contributed by atoms with Gasteiger partial charge in [0.15, 0.2) is 11.0 Å². The average Bonchev–Trinajstić information content (AvgIpc) is 3.83. The van der Waals surface area contributed by atoms with Crippen LogP contribution in [0.4, 0.5) is 0 Å². The third-order valence-corrected chi connectivity index (χ3v) is 10.2. The van der Waals surface area contributed by atoms with Crippen molar-refractivity contribution in [1.82, 2.24) is 18.7 Å². The Morgan fingerprint density at radius 2 is 1.24 bits per heavy atom. The summed E-state index contributed by atoms with van der Waals surface area (Å²) < 4.78 is 38.2. The van der Waals surface area contributed by atoms with Crippen LogP contribution in [-0.2, 0) is 6.98 Å². The van der Waals surface area contributed by atoms with Crippen molar-refractivity contribution in [3.05, 3.63) is 162 Å². The highest BCUT2D eigenvalue weighted by Crippen LogP contribution is 2.40. The zero-order valence-electron chi connectivity index (χ0n) is 29.8. The van der Waals surface area contributed by atoms with Crippen LogP contribution in [0.15, 0.2) is 152 Å². The van der Waals surface area contributed by atoms with Crippen molar-refractivity contribution >= 4 is 77.8 Å². The lowest BCUT2D eigenvalue weighted by atomic mass is 10.1. The van der Waals surface area contributed by atoms with E-state index in [0.717, 1.165) is 60.6 Å². The van der Waals surface area contributed by atoms with Crippen molar-refractivity contribution in [2.24, 2.45) is 6.98 Å². The van der Waals surface area contributed by atoms with Crippen LogP contribution in [0, 0.1) is 0 Å². The molecule has 10 aromatic rings. The second kappa shape index (κ2) is 11.5. The van der Waals surface area contributed by atoms with E-state index in [1.807, 2.05) is 114 Å². The molecule has 8 heteroatoms. The van der Waals surface area contributed by atoms with Crippen LogP contribution in [-0.4, -0.2) is 18.7 Å². The van der Waals surface area contributed by atoms with Crippen LogP contribution in [0.3, 0.4) is 0 Å². The van der Waals surface area contributed by atoms with Gasteiger partial charge < -0.3 is 9.30 Å². The van der Waals surface area contributed by atoms with Gasteiger partial charge in [0.2, 0.25) is 6.33 Å². The standard InChI is InChI=1S/C43H28Cl2N5O/c1-47-26-48(39-19-7-6-18-38(39)47)27-10-8-11-28(22-27)51-29-20-21-32-30-12-2-4-16-36(30)49(40(32)23-29)42-24-41-33(25-46-42)31-13-3-5-17-37(31)50(41)43-34(44)14-9-15-35(43)45/h2-26H,1H3/q+1/i1D3. The first-order valence-corrected chi connectivity index (χ1v) is 17.2. The quantitative estimate of drug-likeness (QED) is 0.167. The van der Waals surface area contributed by atoms with E-state index in [-0.39, 0.29) is 0 Å². The van der Waals surface area contributed by atoms with E-state index in [2.05, 4.69) is 45.5 Å². The molecule has 4 aromatic heterocycles. The molecule has 0 unspecified atom stereocenters. The van der Waals surface area contributed by atoms with E-state index in [4.69, 9.17) is 37.0 Å². The molecule has 0 fully saturated rings. The highest BCUT2D eigenvalue weighted by atomic mass is 35.5. The van der Waals surface area contributed by atoms with Gasteiger partial charge in [0.05, 0.1) is 48.9 Å². The maximum Gasteiger partial charge on any atom is 0.249 e. The summed E-state index contributed by atoms with van der Waals surface area (Å²) in [6, 6.07) is 45.3. The Balaban J connectivity index is 1.12. The maximum absolute atomic E-state index is 8.08. The fourth-order valence-corrected chi connectivity index (χ4v) is 7.90. The normalized spacial score (nSPS) is 12.9. The monoisotopic (exact) mass is 703 g/mol. The Hall–Kier alpha value is -6.08. The number of aryl methyl sites for hydroxylation is 1. The number of rotatable bonds is 5. The third-order valence-electron chi connectivity index (χ3n) is 9.54. The first-order chi connectivity index (χ1) is 26.2. The van der Waals surface area contributed by atoms with Crippen molar-refractivity contribution in [2.75, 3.05) is 0 Å². The summed E-state index contributed by atoms with van der Waals surface area (Å²) in [6.07, 6.45) is 3.53. The van der Waals surface area contributed by atoms with E-state index in [9.17, 15) is 0 Å². The number of benzene rings is 6. The minimum atomic E-state index is -2.33. The molecule has 0 bridgehead atoms. The molecule has 0 saturated carbocycles. The molecule has 6 aromatic carbocycles. The highest BCUT2D eigenvalue weighted by Gasteiger charge is 2.20. The Bertz CT molecular complexity index is 3110. The van der Waals surface area contributed by atoms with Crippen molar-refractivity contribution < 1.29 is 13.4 Å². The molecular formula is C43H28Cl2N5O+. The average molecular weight is 705 g/mol. The van der Waals surface area contributed by atoms with E-state index in [1.54, 1.807) is 6.33 Å². The number of para-hydroxylation sites is 5. The van der Waals surface area contributed by atoms with Crippen LogP contribution in [0.1, 0.15) is 4.11 Å². The topological polar surface area (TPSA) is 40.8 Å². The fourth-order valence-electron chi connectivity index (χ4n) is 7.33. The second-order valence-electron chi connectivity index (χ2n) is 12.5. The summed E-state index contributed by atoms with van der Waals surface area (Å²) in [5.41, 5.74) is 6.69. The van der Waals surface area contributed by atoms with Gasteiger partial charge in [-0.15, -0.1) is 0 Å². The Morgan fingerprint density at radius 3 is 2.04 bits per heavy atom. The van der Waals surface area contributed by atoms with Gasteiger partial charge in [-0.3, -0.25) is 4.57 Å². The van der Waals surface area contributed by atoms with Gasteiger partial charge in [-0.05, 0) is 60.7 Å². The third kappa shape index (κ3) is 4.64. The lowest BCUT2D eigenvalue weighted by molar-refractivity contribution is -0.645. The van der Waals surface area contributed by atoms with E-state index in [0.29, 0.717) is 32.7 Å². The zero-order valence-corrected chi connectivity index (χ0v) is 28.3. The predicted octanol–water partition coefficient (Wildman–Crippen LogP) is 11.1. The number of imidazole rings is 1. The number of aromatic nitrogens is 5. The van der Waals surface area contributed by atoms with Gasteiger partial charge in [0, 0.05) is 45.9 Å². The van der Waals surface area contributed by atoms with Gasteiger partial charge in [0.1, 0.15) is 23.0 Å². The molecule has 0 N–H and O–H groups in total. The summed E-state index contributed by atoms with van der Waals surface area (Å²) in [4.78, 5) is 5.05. The van der Waals surface area contributed by atoms with Gasteiger partial charge in [-0.1, -0.05) is 83.9 Å². The Kier molecular flexibility index (Phi) is 6.02. The van der Waals surface area contributed by atoms with E-state index >= 15 is 0 Å². The van der Waals surface area contributed by atoms with E-state index < -0.39 is 6.98 Å². The smallest absolute Gasteiger partial charge is 0.249 e. The van der Waals surface area contributed by atoms with E-state index in [1.165, 1.54) is 4.57 Å². The molecule has 10 rings (SSSR count). The number of pyridine rings is 1. The van der Waals surface area contributed by atoms with Crippen molar-refractivity contribution in [3.8, 4) is 28.7 Å². The minimum absolute atomic E-state index is 0.549. The summed E-state index contributed by atoms with van der Waals surface area (Å²) in [6.45, 7) is -2.33. The second-order valence-corrected chi connectivity index (χ2v) is 13.3. The first kappa shape index (κ1) is 26.7. The van der Waals surface area contributed by atoms with Gasteiger partial charge in [0.25, 0.3) is 0 Å². The zero-order chi connectivity index (χ0) is 36.7. The van der Waals surface area contributed by atoms with Crippen LogP contribution in [0.5, 0.6) is 11.5 Å². The molecule has 51 heavy (non-hydrogen) atoms. The van der Waals surface area contributed by atoms with Crippen LogP contribution >= 0.6 is 23.2 Å². The number of nitrogens with zero attached hydrogens (tertiary/aromatic N) is 5. The SMILES string of the molecule is [2H]C([2H])([2H])[n+]1cn(-c2cccc(Oc3ccc4c5ccccc5n(-c5cc6c(cn5)c5ccccc5n6-c5c(Cl)cccc5Cl)c4c3)c2)c2ccccc21. The number of hydrogen-bond donors (Lipinski definition) is 0. The summed E-state index contributed by atoms with van der Waals surface area (Å²) in [5.74, 6) is 1.96. The number of ether oxygens (including phenoxy) is 1. The summed E-state index contributed by atoms with van der Waals surface area (Å²) in [5, 5.41) is 5.26. The predicted molar refractivity (Wildman–Crippen MR) is 207 cm³/mol. The molecule has 0 amide bonds. The summed E-state index contributed by atoms with van der Waals surface area (Å²) in [7, 11) is 0. The lowest BCUT2D eigenvalue weighted by Gasteiger charge is -2.13. The van der Waals surface area contributed by atoms with Crippen LogP contribution in [0.2, 0.25) is 10.0 Å². The molecule has 0 saturated heterocycles. The van der Waals surface area contributed by atoms with Crippen molar-refractivity contribution in [1.29, 1.82) is 0 Å². The van der Waals surface area contributed by atoms with Gasteiger partial charge in [-0.25, -0.2) is 9.55 Å². The number of fused-ring (bicyclic) bond motifs is 7. The van der Waals surface area contributed by atoms with Crippen molar-refractivity contribution in [3.63, 3.8) is 0 Å². The first-order valence-electron chi connectivity index (χ1n) is 17.9. The lowest BCUT2D eigenvalue weighted by Crippen LogP contribution is -2.25. The van der Waals surface area contributed by atoms with Gasteiger partial charge >= 0.3 is 0 Å². The molecular weight excluding hydrogens is 673 g/mol. The molecule has 4 heterocycles. The highest BCUT2D eigenvalue weighted by molar-refractivity contribution is 6.38. The molecule has 0 radical (unpaired) electrons. The fraction of sp³-hybridized carbons (Fsp3) is 0.0233. The van der Waals surface area contributed by atoms with Crippen molar-refractivity contribution in [2.45, 2.75) is 0 Å². The Labute approximate surface area is 306 Å². The number of hydrogen-bond acceptors (Lipinski definition) is 2. The molecule has 0 spiro atoms. The van der Waals surface area contributed by atoms with Gasteiger partial charge in [-0.2, -0.15) is 4.57 Å². The number of halogens is 2. The molecule has 244 valence electrons. The summed E-state index contributed by atoms with van der Waals surface area (Å²) >= 11 is 13.7. The van der Waals surface area contributed by atoms with Crippen LogP contribution in [0.25, 0.3) is 71.8 Å². The maximum atomic E-state index is 8.08. The molecule has 0 aliphatic carbocycles. The van der Waals surface area contributed by atoms with Crippen LogP contribution < -0.4 is 9.30 Å². The largest absolute Gasteiger partial charge is 0.457 e. The molecule has 0 aliphatic rings. The molecule has 6 nitrogen and oxygen atoms in total. The molecule has 0 atom stereocenters. The minimum Gasteiger partial charge on any atom is -0.457 e. The molecule has 0 aliphatic heterocycles. The Morgan fingerprint density at radius 1 is 0.588 bits per heavy atom.